The van der Waals surface area contributed by atoms with Crippen LogP contribution >= 0.6 is 0 Å². The number of hydrogen-bond acceptors (Lipinski definition) is 0. The van der Waals surface area contributed by atoms with Crippen LogP contribution in [0.5, 0.6) is 0 Å². The highest BCUT2D eigenvalue weighted by Gasteiger charge is 2.17. The van der Waals surface area contributed by atoms with Crippen molar-refractivity contribution in [3.63, 3.8) is 0 Å². The van der Waals surface area contributed by atoms with E-state index in [-0.39, 0.29) is 0 Å². The molecular formula is C32H21N. The molecule has 1 heterocycles. The van der Waals surface area contributed by atoms with Gasteiger partial charge < -0.3 is 4.57 Å². The molecule has 1 nitrogen and oxygen atoms in total. The van der Waals surface area contributed by atoms with Gasteiger partial charge in [-0.1, -0.05) is 103 Å². The van der Waals surface area contributed by atoms with E-state index in [0.717, 1.165) is 0 Å². The van der Waals surface area contributed by atoms with Crippen LogP contribution < -0.4 is 0 Å². The van der Waals surface area contributed by atoms with Gasteiger partial charge in [0, 0.05) is 21.7 Å². The maximum atomic E-state index is 2.46. The molecule has 33 heavy (non-hydrogen) atoms. The summed E-state index contributed by atoms with van der Waals surface area (Å²) in [4.78, 5) is 0. The van der Waals surface area contributed by atoms with E-state index in [1.807, 2.05) is 0 Å². The Hall–Kier alpha value is -4.36. The van der Waals surface area contributed by atoms with Crippen LogP contribution in [0.1, 0.15) is 0 Å². The zero-order chi connectivity index (χ0) is 21.8. The molecule has 7 aromatic rings. The van der Waals surface area contributed by atoms with Gasteiger partial charge in [-0.25, -0.2) is 0 Å². The first-order chi connectivity index (χ1) is 16.4. The first-order valence-corrected chi connectivity index (χ1v) is 11.4. The first kappa shape index (κ1) is 18.2. The normalized spacial score (nSPS) is 11.6. The number of para-hydroxylation sites is 2. The zero-order valence-electron chi connectivity index (χ0n) is 18.1. The SMILES string of the molecule is c1ccc(-c2cccc3c4ccccc4n(-c4cccc5cc6ccccc6cc45)c23)cc1. The summed E-state index contributed by atoms with van der Waals surface area (Å²) in [5, 5.41) is 7.62. The molecule has 0 aliphatic heterocycles. The summed E-state index contributed by atoms with van der Waals surface area (Å²) in [6.07, 6.45) is 0. The predicted octanol–water partition coefficient (Wildman–Crippen LogP) is 8.76. The van der Waals surface area contributed by atoms with Crippen LogP contribution in [0.4, 0.5) is 0 Å². The lowest BCUT2D eigenvalue weighted by Gasteiger charge is -2.15. The van der Waals surface area contributed by atoms with Crippen molar-refractivity contribution in [1.29, 1.82) is 0 Å². The van der Waals surface area contributed by atoms with E-state index >= 15 is 0 Å². The highest BCUT2D eigenvalue weighted by molar-refractivity contribution is 6.15. The molecule has 0 N–H and O–H groups in total. The first-order valence-electron chi connectivity index (χ1n) is 11.4. The summed E-state index contributed by atoms with van der Waals surface area (Å²) in [6.45, 7) is 0. The summed E-state index contributed by atoms with van der Waals surface area (Å²) < 4.78 is 2.46. The van der Waals surface area contributed by atoms with E-state index in [0.29, 0.717) is 0 Å². The molecule has 0 unspecified atom stereocenters. The van der Waals surface area contributed by atoms with Gasteiger partial charge in [0.25, 0.3) is 0 Å². The van der Waals surface area contributed by atoms with Crippen molar-refractivity contribution in [2.75, 3.05) is 0 Å². The van der Waals surface area contributed by atoms with Crippen LogP contribution in [-0.2, 0) is 0 Å². The Morgan fingerprint density at radius 2 is 1.09 bits per heavy atom. The average molecular weight is 420 g/mol. The van der Waals surface area contributed by atoms with Crippen molar-refractivity contribution in [3.8, 4) is 16.8 Å². The molecule has 0 radical (unpaired) electrons. The topological polar surface area (TPSA) is 4.93 Å². The van der Waals surface area contributed by atoms with Crippen molar-refractivity contribution < 1.29 is 0 Å². The molecule has 0 aliphatic carbocycles. The minimum Gasteiger partial charge on any atom is -0.308 e. The van der Waals surface area contributed by atoms with E-state index < -0.39 is 0 Å². The maximum Gasteiger partial charge on any atom is 0.0619 e. The second-order valence-electron chi connectivity index (χ2n) is 8.62. The summed E-state index contributed by atoms with van der Waals surface area (Å²) >= 11 is 0. The van der Waals surface area contributed by atoms with Crippen molar-refractivity contribution in [1.82, 2.24) is 4.57 Å². The molecule has 1 heteroatoms. The molecule has 0 saturated carbocycles. The smallest absolute Gasteiger partial charge is 0.0619 e. The van der Waals surface area contributed by atoms with E-state index in [9.17, 15) is 0 Å². The van der Waals surface area contributed by atoms with Crippen LogP contribution in [0.3, 0.4) is 0 Å². The van der Waals surface area contributed by atoms with Gasteiger partial charge in [-0.15, -0.1) is 0 Å². The second kappa shape index (κ2) is 7.08. The molecule has 0 spiro atoms. The van der Waals surface area contributed by atoms with Crippen molar-refractivity contribution in [2.45, 2.75) is 0 Å². The Morgan fingerprint density at radius 1 is 0.424 bits per heavy atom. The Labute approximate surface area is 192 Å². The third kappa shape index (κ3) is 2.73. The van der Waals surface area contributed by atoms with Crippen LogP contribution in [0, 0.1) is 0 Å². The Morgan fingerprint density at radius 3 is 1.97 bits per heavy atom. The third-order valence-electron chi connectivity index (χ3n) is 6.74. The van der Waals surface area contributed by atoms with Crippen LogP contribution in [0.2, 0.25) is 0 Å². The van der Waals surface area contributed by atoms with E-state index in [1.54, 1.807) is 0 Å². The maximum absolute atomic E-state index is 2.46. The van der Waals surface area contributed by atoms with Gasteiger partial charge in [0.2, 0.25) is 0 Å². The number of fused-ring (bicyclic) bond motifs is 5. The van der Waals surface area contributed by atoms with E-state index in [4.69, 9.17) is 0 Å². The van der Waals surface area contributed by atoms with Gasteiger partial charge >= 0.3 is 0 Å². The second-order valence-corrected chi connectivity index (χ2v) is 8.62. The van der Waals surface area contributed by atoms with Crippen molar-refractivity contribution in [2.24, 2.45) is 0 Å². The van der Waals surface area contributed by atoms with Crippen molar-refractivity contribution >= 4 is 43.4 Å². The number of nitrogens with zero attached hydrogens (tertiary/aromatic N) is 1. The van der Waals surface area contributed by atoms with Gasteiger partial charge in [0.1, 0.15) is 0 Å². The van der Waals surface area contributed by atoms with Gasteiger partial charge in [0.15, 0.2) is 0 Å². The van der Waals surface area contributed by atoms with Crippen LogP contribution in [0.25, 0.3) is 60.2 Å². The molecule has 0 bridgehead atoms. The fraction of sp³-hybridized carbons (Fsp3) is 0. The molecule has 1 aromatic heterocycles. The lowest BCUT2D eigenvalue weighted by Crippen LogP contribution is -1.97. The Kier molecular flexibility index (Phi) is 3.91. The molecule has 0 amide bonds. The summed E-state index contributed by atoms with van der Waals surface area (Å²) in [7, 11) is 0. The molecular weight excluding hydrogens is 398 g/mol. The van der Waals surface area contributed by atoms with E-state index in [1.165, 1.54) is 60.2 Å². The monoisotopic (exact) mass is 419 g/mol. The largest absolute Gasteiger partial charge is 0.308 e. The lowest BCUT2D eigenvalue weighted by atomic mass is 10.0. The van der Waals surface area contributed by atoms with Gasteiger partial charge in [-0.2, -0.15) is 0 Å². The van der Waals surface area contributed by atoms with Gasteiger partial charge in [0.05, 0.1) is 16.7 Å². The minimum absolute atomic E-state index is 1.22. The highest BCUT2D eigenvalue weighted by Crippen LogP contribution is 2.40. The average Bonchev–Trinajstić information content (AvgIpc) is 3.22. The Balaban J connectivity index is 1.68. The molecule has 7 rings (SSSR count). The van der Waals surface area contributed by atoms with Crippen molar-refractivity contribution in [3.05, 3.63) is 127 Å². The van der Waals surface area contributed by atoms with Crippen LogP contribution in [0.15, 0.2) is 127 Å². The summed E-state index contributed by atoms with van der Waals surface area (Å²) in [5.74, 6) is 0. The quantitative estimate of drug-likeness (QED) is 0.247. The number of hydrogen-bond donors (Lipinski definition) is 0. The zero-order valence-corrected chi connectivity index (χ0v) is 18.1. The third-order valence-corrected chi connectivity index (χ3v) is 6.74. The fourth-order valence-electron chi connectivity index (χ4n) is 5.26. The number of rotatable bonds is 2. The molecule has 0 atom stereocenters. The number of aromatic nitrogens is 1. The Bertz CT molecular complexity index is 1810. The lowest BCUT2D eigenvalue weighted by molar-refractivity contribution is 1.20. The molecule has 154 valence electrons. The minimum atomic E-state index is 1.22. The molecule has 6 aromatic carbocycles. The molecule has 0 fully saturated rings. The van der Waals surface area contributed by atoms with Crippen LogP contribution in [-0.4, -0.2) is 4.57 Å². The summed E-state index contributed by atoms with van der Waals surface area (Å²) in [5.41, 5.74) is 6.19. The highest BCUT2D eigenvalue weighted by atomic mass is 15.0. The number of benzene rings is 6. The molecule has 0 saturated heterocycles. The van der Waals surface area contributed by atoms with E-state index in [2.05, 4.69) is 132 Å². The fourth-order valence-corrected chi connectivity index (χ4v) is 5.26. The molecule has 0 aliphatic rings. The van der Waals surface area contributed by atoms with Gasteiger partial charge in [-0.3, -0.25) is 0 Å². The standard InChI is InChI=1S/C32H21N/c1-2-10-22(11-3-1)26-16-9-17-28-27-15-6-7-18-30(27)33(32(26)28)31-19-8-14-25-20-23-12-4-5-13-24(23)21-29(25)31/h1-21H. The summed E-state index contributed by atoms with van der Waals surface area (Å²) in [6, 6.07) is 46.1. The van der Waals surface area contributed by atoms with Gasteiger partial charge in [-0.05, 0) is 46.0 Å². The predicted molar refractivity (Wildman–Crippen MR) is 141 cm³/mol.